The van der Waals surface area contributed by atoms with E-state index in [1.807, 2.05) is 0 Å². The molecule has 4 rings (SSSR count). The summed E-state index contributed by atoms with van der Waals surface area (Å²) in [6.45, 7) is 3.13. The molecule has 154 valence electrons. The lowest BCUT2D eigenvalue weighted by atomic mass is 10.0. The largest absolute Gasteiger partial charge is 0.466 e. The number of ether oxygens (including phenoxy) is 1. The molecule has 30 heavy (non-hydrogen) atoms. The molecule has 0 unspecified atom stereocenters. The normalized spacial score (nSPS) is 16.9. The number of anilines is 1. The average Bonchev–Trinajstić information content (AvgIpc) is 3.24. The monoisotopic (exact) mass is 402 g/mol. The smallest absolute Gasteiger partial charge is 0.330 e. The number of rotatable bonds is 7. The molecule has 3 aromatic rings. The van der Waals surface area contributed by atoms with Gasteiger partial charge < -0.3 is 15.0 Å². The molecule has 1 N–H and O–H groups in total. The fraction of sp³-hybridized carbons (Fsp3) is 0.292. The van der Waals surface area contributed by atoms with Crippen LogP contribution in [-0.2, 0) is 16.0 Å². The van der Waals surface area contributed by atoms with E-state index in [9.17, 15) is 4.79 Å². The van der Waals surface area contributed by atoms with Crippen molar-refractivity contribution in [2.24, 2.45) is 0 Å². The Morgan fingerprint density at radius 3 is 2.90 bits per heavy atom. The Morgan fingerprint density at radius 1 is 1.20 bits per heavy atom. The summed E-state index contributed by atoms with van der Waals surface area (Å²) < 4.78 is 4.57. The average molecular weight is 402 g/mol. The first kappa shape index (κ1) is 20.0. The molecular formula is C24H26N4O2. The van der Waals surface area contributed by atoms with Gasteiger partial charge in [0.2, 0.25) is 0 Å². The maximum atomic E-state index is 11.1. The summed E-state index contributed by atoms with van der Waals surface area (Å²) in [5, 5.41) is 6.13. The van der Waals surface area contributed by atoms with Crippen molar-refractivity contribution in [3.63, 3.8) is 0 Å². The number of esters is 1. The zero-order valence-corrected chi connectivity index (χ0v) is 17.1. The van der Waals surface area contributed by atoms with Crippen molar-refractivity contribution in [3.8, 4) is 0 Å². The van der Waals surface area contributed by atoms with Crippen molar-refractivity contribution in [2.45, 2.75) is 18.9 Å². The van der Waals surface area contributed by atoms with Crippen LogP contribution in [0.5, 0.6) is 0 Å². The molecular weight excluding hydrogens is 376 g/mol. The topological polar surface area (TPSA) is 67.3 Å². The minimum absolute atomic E-state index is 0.364. The Kier molecular flexibility index (Phi) is 6.35. The molecule has 1 aliphatic rings. The molecule has 1 aromatic heterocycles. The molecule has 2 heterocycles. The van der Waals surface area contributed by atoms with E-state index in [0.29, 0.717) is 11.7 Å². The summed E-state index contributed by atoms with van der Waals surface area (Å²) in [6, 6.07) is 15.5. The Bertz CT molecular complexity index is 1030. The number of nitrogens with zero attached hydrogens (tertiary/aromatic N) is 3. The first-order valence-electron chi connectivity index (χ1n) is 10.2. The van der Waals surface area contributed by atoms with Gasteiger partial charge in [-0.2, -0.15) is 0 Å². The van der Waals surface area contributed by atoms with Crippen LogP contribution in [-0.4, -0.2) is 53.6 Å². The van der Waals surface area contributed by atoms with Crippen LogP contribution in [0.15, 0.2) is 60.9 Å². The number of hydrogen-bond donors (Lipinski definition) is 1. The van der Waals surface area contributed by atoms with E-state index in [4.69, 9.17) is 0 Å². The van der Waals surface area contributed by atoms with Gasteiger partial charge in [0.05, 0.1) is 25.2 Å². The van der Waals surface area contributed by atoms with Gasteiger partial charge in [-0.25, -0.2) is 9.78 Å². The first-order chi connectivity index (χ1) is 14.7. The third kappa shape index (κ3) is 5.02. The minimum Gasteiger partial charge on any atom is -0.466 e. The van der Waals surface area contributed by atoms with Gasteiger partial charge in [0, 0.05) is 31.8 Å². The number of methoxy groups -OCH3 is 1. The third-order valence-corrected chi connectivity index (χ3v) is 5.46. The maximum absolute atomic E-state index is 11.1. The second kappa shape index (κ2) is 9.50. The van der Waals surface area contributed by atoms with E-state index in [1.165, 1.54) is 29.5 Å². The molecule has 0 bridgehead atoms. The summed E-state index contributed by atoms with van der Waals surface area (Å²) in [6.07, 6.45) is 8.41. The molecule has 6 heteroatoms. The molecule has 0 amide bonds. The minimum atomic E-state index is -0.409. The van der Waals surface area contributed by atoms with Gasteiger partial charge in [0.15, 0.2) is 0 Å². The standard InChI is InChI=1S/C24H26N4O2/c1-30-24(29)10-9-20-15-26-23(16-25-20)27-21-12-14-28(17-21)13-11-19-7-4-6-18-5-2-3-8-22(18)19/h2-10,15-16,21H,11-14,17H2,1H3,(H,26,27)/b10-9+/t21-/m1/s1. The number of aromatic nitrogens is 2. The highest BCUT2D eigenvalue weighted by atomic mass is 16.5. The number of fused-ring (bicyclic) bond motifs is 1. The van der Waals surface area contributed by atoms with Crippen LogP contribution in [0.3, 0.4) is 0 Å². The SMILES string of the molecule is COC(=O)/C=C/c1cnc(N[C@@H]2CCN(CCc3cccc4ccccc34)C2)cn1. The molecule has 2 aromatic carbocycles. The summed E-state index contributed by atoms with van der Waals surface area (Å²) in [4.78, 5) is 22.4. The number of benzene rings is 2. The van der Waals surface area contributed by atoms with Gasteiger partial charge in [0.1, 0.15) is 5.82 Å². The van der Waals surface area contributed by atoms with Crippen LogP contribution in [0, 0.1) is 0 Å². The van der Waals surface area contributed by atoms with Crippen molar-refractivity contribution >= 4 is 28.6 Å². The highest BCUT2D eigenvalue weighted by molar-refractivity contribution is 5.86. The molecule has 1 atom stereocenters. The number of carbonyl (C=O) groups excluding carboxylic acids is 1. The van der Waals surface area contributed by atoms with Gasteiger partial charge in [-0.1, -0.05) is 42.5 Å². The zero-order chi connectivity index (χ0) is 20.8. The molecule has 1 saturated heterocycles. The molecule has 1 fully saturated rings. The third-order valence-electron chi connectivity index (χ3n) is 5.46. The lowest BCUT2D eigenvalue weighted by Gasteiger charge is -2.17. The molecule has 0 radical (unpaired) electrons. The van der Waals surface area contributed by atoms with Crippen molar-refractivity contribution < 1.29 is 9.53 Å². The molecule has 0 spiro atoms. The van der Waals surface area contributed by atoms with E-state index in [-0.39, 0.29) is 0 Å². The van der Waals surface area contributed by atoms with Crippen molar-refractivity contribution in [3.05, 3.63) is 72.2 Å². The fourth-order valence-electron chi connectivity index (χ4n) is 3.87. The summed E-state index contributed by atoms with van der Waals surface area (Å²) >= 11 is 0. The van der Waals surface area contributed by atoms with E-state index >= 15 is 0 Å². The summed E-state index contributed by atoms with van der Waals surface area (Å²) in [5.74, 6) is 0.347. The predicted molar refractivity (Wildman–Crippen MR) is 119 cm³/mol. The Labute approximate surface area is 176 Å². The highest BCUT2D eigenvalue weighted by Crippen LogP contribution is 2.20. The fourth-order valence-corrected chi connectivity index (χ4v) is 3.87. The van der Waals surface area contributed by atoms with Crippen LogP contribution in [0.2, 0.25) is 0 Å². The quantitative estimate of drug-likeness (QED) is 0.482. The second-order valence-corrected chi connectivity index (χ2v) is 7.50. The molecule has 6 nitrogen and oxygen atoms in total. The summed E-state index contributed by atoms with van der Waals surface area (Å²) in [5.41, 5.74) is 2.03. The van der Waals surface area contributed by atoms with Crippen molar-refractivity contribution in [1.29, 1.82) is 0 Å². The van der Waals surface area contributed by atoms with E-state index < -0.39 is 5.97 Å². The van der Waals surface area contributed by atoms with Crippen LogP contribution >= 0.6 is 0 Å². The highest BCUT2D eigenvalue weighted by Gasteiger charge is 2.22. The van der Waals surface area contributed by atoms with Gasteiger partial charge >= 0.3 is 5.97 Å². The number of carbonyl (C=O) groups is 1. The van der Waals surface area contributed by atoms with E-state index in [1.54, 1.807) is 18.5 Å². The van der Waals surface area contributed by atoms with Crippen molar-refractivity contribution in [1.82, 2.24) is 14.9 Å². The molecule has 1 aliphatic heterocycles. The Balaban J connectivity index is 1.28. The van der Waals surface area contributed by atoms with Gasteiger partial charge in [0.25, 0.3) is 0 Å². The zero-order valence-electron chi connectivity index (χ0n) is 17.1. The molecule has 0 saturated carbocycles. The second-order valence-electron chi connectivity index (χ2n) is 7.50. The van der Waals surface area contributed by atoms with Crippen LogP contribution in [0.25, 0.3) is 16.8 Å². The summed E-state index contributed by atoms with van der Waals surface area (Å²) in [7, 11) is 1.35. The number of hydrogen-bond acceptors (Lipinski definition) is 6. The Hall–Kier alpha value is -3.25. The van der Waals surface area contributed by atoms with Gasteiger partial charge in [-0.15, -0.1) is 0 Å². The number of likely N-dealkylation sites (tertiary alicyclic amines) is 1. The van der Waals surface area contributed by atoms with Gasteiger partial charge in [-0.05, 0) is 35.3 Å². The Morgan fingerprint density at radius 2 is 2.07 bits per heavy atom. The van der Waals surface area contributed by atoms with E-state index in [2.05, 4.69) is 67.4 Å². The van der Waals surface area contributed by atoms with Crippen LogP contribution < -0.4 is 5.32 Å². The molecule has 0 aliphatic carbocycles. The van der Waals surface area contributed by atoms with Crippen LogP contribution in [0.4, 0.5) is 5.82 Å². The van der Waals surface area contributed by atoms with Crippen LogP contribution in [0.1, 0.15) is 17.7 Å². The van der Waals surface area contributed by atoms with Gasteiger partial charge in [-0.3, -0.25) is 4.98 Å². The lowest BCUT2D eigenvalue weighted by Crippen LogP contribution is -2.28. The van der Waals surface area contributed by atoms with Crippen molar-refractivity contribution in [2.75, 3.05) is 32.1 Å². The predicted octanol–water partition coefficient (Wildman–Crippen LogP) is 3.54. The number of nitrogens with one attached hydrogen (secondary N) is 1. The van der Waals surface area contributed by atoms with E-state index in [0.717, 1.165) is 38.3 Å². The first-order valence-corrected chi connectivity index (χ1v) is 10.2. The maximum Gasteiger partial charge on any atom is 0.330 e. The lowest BCUT2D eigenvalue weighted by molar-refractivity contribution is -0.134.